The molecular weight excluding hydrogens is 405 g/mol. The van der Waals surface area contributed by atoms with Crippen molar-refractivity contribution in [2.45, 2.75) is 9.79 Å². The second kappa shape index (κ2) is 10.0. The van der Waals surface area contributed by atoms with E-state index in [0.717, 1.165) is 10.8 Å². The molecule has 4 aromatic carbocycles. The highest BCUT2D eigenvalue weighted by Crippen LogP contribution is 2.27. The summed E-state index contributed by atoms with van der Waals surface area (Å²) in [7, 11) is -1.99. The van der Waals surface area contributed by atoms with Crippen LogP contribution < -0.4 is 10.4 Å². The summed E-state index contributed by atoms with van der Waals surface area (Å²) < 4.78 is 0. The lowest BCUT2D eigenvalue weighted by atomic mass is 10.4. The fraction of sp³-hybridized carbons (Fsp3) is 0.0769. The highest BCUT2D eigenvalue weighted by atomic mass is 32.2. The highest BCUT2D eigenvalue weighted by molar-refractivity contribution is 8.03. The molecular formula is C26H24S2Si. The van der Waals surface area contributed by atoms with Crippen molar-refractivity contribution in [2.24, 2.45) is 0 Å². The number of rotatable bonds is 8. The Kier molecular flexibility index (Phi) is 6.94. The molecule has 0 N–H and O–H groups in total. The van der Waals surface area contributed by atoms with Gasteiger partial charge in [-0.15, -0.1) is 23.5 Å². The summed E-state index contributed by atoms with van der Waals surface area (Å²) >= 11 is 4.00. The van der Waals surface area contributed by atoms with Gasteiger partial charge in [-0.2, -0.15) is 0 Å². The number of hydrogen-bond donors (Lipinski definition) is 0. The lowest BCUT2D eigenvalue weighted by Gasteiger charge is -2.32. The van der Waals surface area contributed by atoms with Crippen LogP contribution in [0, 0.1) is 0 Å². The molecule has 0 aliphatic rings. The highest BCUT2D eigenvalue weighted by Gasteiger charge is 2.37. The molecule has 0 fully saturated rings. The molecule has 0 aliphatic heterocycles. The summed E-state index contributed by atoms with van der Waals surface area (Å²) in [6.07, 6.45) is 0. The van der Waals surface area contributed by atoms with Gasteiger partial charge in [-0.3, -0.25) is 0 Å². The molecule has 4 aromatic rings. The Bertz CT molecular complexity index is 905. The van der Waals surface area contributed by atoms with Crippen molar-refractivity contribution in [3.8, 4) is 0 Å². The van der Waals surface area contributed by atoms with Gasteiger partial charge in [0.05, 0.1) is 0 Å². The van der Waals surface area contributed by atoms with Crippen LogP contribution in [0.5, 0.6) is 0 Å². The Labute approximate surface area is 183 Å². The van der Waals surface area contributed by atoms with Crippen molar-refractivity contribution in [1.82, 2.24) is 0 Å². The van der Waals surface area contributed by atoms with Gasteiger partial charge in [-0.1, -0.05) is 107 Å². The van der Waals surface area contributed by atoms with Crippen molar-refractivity contribution in [2.75, 3.05) is 10.8 Å². The van der Waals surface area contributed by atoms with E-state index >= 15 is 0 Å². The van der Waals surface area contributed by atoms with E-state index in [-0.39, 0.29) is 0 Å². The van der Waals surface area contributed by atoms with Crippen LogP contribution in [-0.2, 0) is 0 Å². The molecule has 29 heavy (non-hydrogen) atoms. The standard InChI is InChI=1S/C26H24S2Si/c1-5-13-23(14-6-1)27-21-29(25-17-9-3-10-18-25,26-19-11-4-12-20-26)22-28-24-15-7-2-8-16-24/h1-20H,21-22H2. The average Bonchev–Trinajstić information content (AvgIpc) is 2.82. The molecule has 0 aliphatic carbocycles. The summed E-state index contributed by atoms with van der Waals surface area (Å²) in [5.41, 5.74) is 0. The largest absolute Gasteiger partial charge is 0.137 e. The average molecular weight is 429 g/mol. The first-order valence-electron chi connectivity index (χ1n) is 9.84. The van der Waals surface area contributed by atoms with Gasteiger partial charge in [0.2, 0.25) is 0 Å². The van der Waals surface area contributed by atoms with E-state index < -0.39 is 8.07 Å². The molecule has 0 heterocycles. The van der Waals surface area contributed by atoms with Crippen LogP contribution >= 0.6 is 23.5 Å². The molecule has 0 radical (unpaired) electrons. The number of benzene rings is 4. The smallest absolute Gasteiger partial charge is 0.128 e. The molecule has 0 unspecified atom stereocenters. The first-order valence-corrected chi connectivity index (χ1v) is 14.2. The van der Waals surface area contributed by atoms with Gasteiger partial charge < -0.3 is 0 Å². The maximum atomic E-state index is 2.34. The van der Waals surface area contributed by atoms with Crippen LogP contribution in [0.4, 0.5) is 0 Å². The first kappa shape index (κ1) is 20.1. The topological polar surface area (TPSA) is 0 Å². The Morgan fingerprint density at radius 2 is 0.724 bits per heavy atom. The van der Waals surface area contributed by atoms with E-state index in [1.807, 2.05) is 23.5 Å². The monoisotopic (exact) mass is 428 g/mol. The Morgan fingerprint density at radius 3 is 1.07 bits per heavy atom. The van der Waals surface area contributed by atoms with Crippen LogP contribution in [0.3, 0.4) is 0 Å². The van der Waals surface area contributed by atoms with Gasteiger partial charge in [-0.05, 0) is 24.3 Å². The predicted molar refractivity (Wildman–Crippen MR) is 132 cm³/mol. The van der Waals surface area contributed by atoms with E-state index in [2.05, 4.69) is 121 Å². The maximum Gasteiger partial charge on any atom is 0.137 e. The van der Waals surface area contributed by atoms with Gasteiger partial charge in [-0.25, -0.2) is 0 Å². The van der Waals surface area contributed by atoms with Crippen molar-refractivity contribution in [3.63, 3.8) is 0 Å². The number of hydrogen-bond acceptors (Lipinski definition) is 2. The molecule has 144 valence electrons. The van der Waals surface area contributed by atoms with Crippen molar-refractivity contribution >= 4 is 42.0 Å². The summed E-state index contributed by atoms with van der Waals surface area (Å²) in [6, 6.07) is 44.0. The van der Waals surface area contributed by atoms with Crippen LogP contribution in [0.1, 0.15) is 0 Å². The van der Waals surface area contributed by atoms with E-state index in [0.29, 0.717) is 0 Å². The summed E-state index contributed by atoms with van der Waals surface area (Å²) in [5, 5.41) is 5.28. The predicted octanol–water partition coefficient (Wildman–Crippen LogP) is 5.91. The second-order valence-electron chi connectivity index (χ2n) is 7.02. The van der Waals surface area contributed by atoms with Gasteiger partial charge in [0.15, 0.2) is 0 Å². The molecule has 0 atom stereocenters. The molecule has 0 saturated carbocycles. The lowest BCUT2D eigenvalue weighted by molar-refractivity contribution is 1.46. The Morgan fingerprint density at radius 1 is 0.414 bits per heavy atom. The summed E-state index contributed by atoms with van der Waals surface area (Å²) in [4.78, 5) is 2.70. The summed E-state index contributed by atoms with van der Waals surface area (Å²) in [6.45, 7) is 0. The van der Waals surface area contributed by atoms with Crippen LogP contribution in [0.25, 0.3) is 0 Å². The van der Waals surface area contributed by atoms with Crippen LogP contribution in [0.2, 0.25) is 0 Å². The van der Waals surface area contributed by atoms with Crippen molar-refractivity contribution in [3.05, 3.63) is 121 Å². The molecule has 0 spiro atoms. The second-order valence-corrected chi connectivity index (χ2v) is 14.2. The molecule has 0 aromatic heterocycles. The Balaban J connectivity index is 1.73. The first-order chi connectivity index (χ1) is 14.4. The molecule has 0 bridgehead atoms. The molecule has 0 nitrogen and oxygen atoms in total. The lowest BCUT2D eigenvalue weighted by Crippen LogP contribution is -2.63. The normalized spacial score (nSPS) is 11.3. The van der Waals surface area contributed by atoms with E-state index in [9.17, 15) is 0 Å². The van der Waals surface area contributed by atoms with Gasteiger partial charge >= 0.3 is 0 Å². The zero-order valence-electron chi connectivity index (χ0n) is 16.3. The minimum Gasteiger partial charge on any atom is -0.128 e. The minimum absolute atomic E-state index is 1.13. The zero-order chi connectivity index (χ0) is 19.8. The maximum absolute atomic E-state index is 2.34. The van der Waals surface area contributed by atoms with Crippen LogP contribution in [-0.4, -0.2) is 18.8 Å². The number of thioether (sulfide) groups is 2. The van der Waals surface area contributed by atoms with E-state index in [1.165, 1.54) is 20.2 Å². The third kappa shape index (κ3) is 5.05. The third-order valence-corrected chi connectivity index (χ3v) is 14.3. The molecule has 3 heteroatoms. The van der Waals surface area contributed by atoms with Gasteiger partial charge in [0, 0.05) is 20.5 Å². The Hall–Kier alpha value is -2.20. The minimum atomic E-state index is -1.99. The third-order valence-electron chi connectivity index (χ3n) is 5.11. The molecule has 0 amide bonds. The van der Waals surface area contributed by atoms with Crippen molar-refractivity contribution < 1.29 is 0 Å². The van der Waals surface area contributed by atoms with E-state index in [1.54, 1.807) is 0 Å². The fourth-order valence-corrected chi connectivity index (χ4v) is 13.3. The quantitative estimate of drug-likeness (QED) is 0.253. The molecule has 4 rings (SSSR count). The van der Waals surface area contributed by atoms with Crippen molar-refractivity contribution in [1.29, 1.82) is 0 Å². The van der Waals surface area contributed by atoms with Crippen LogP contribution in [0.15, 0.2) is 131 Å². The van der Waals surface area contributed by atoms with Gasteiger partial charge in [0.1, 0.15) is 8.07 Å². The van der Waals surface area contributed by atoms with Gasteiger partial charge in [0.25, 0.3) is 0 Å². The fourth-order valence-electron chi connectivity index (χ4n) is 3.50. The van der Waals surface area contributed by atoms with E-state index in [4.69, 9.17) is 0 Å². The molecule has 0 saturated heterocycles. The SMILES string of the molecule is c1ccc(SC[Si](CSc2ccccc2)(c2ccccc2)c2ccccc2)cc1. The summed E-state index contributed by atoms with van der Waals surface area (Å²) in [5.74, 6) is 0. The zero-order valence-corrected chi connectivity index (χ0v) is 18.9.